The number of rotatable bonds is 7. The highest BCUT2D eigenvalue weighted by molar-refractivity contribution is 5.97. The fourth-order valence-electron chi connectivity index (χ4n) is 4.57. The summed E-state index contributed by atoms with van der Waals surface area (Å²) < 4.78 is 35.9. The molecule has 0 atom stereocenters. The molecule has 3 heterocycles. The Morgan fingerprint density at radius 1 is 0.950 bits per heavy atom. The highest BCUT2D eigenvalue weighted by Gasteiger charge is 2.18. The summed E-state index contributed by atoms with van der Waals surface area (Å²) in [5.41, 5.74) is 3.04. The molecular formula is C30H21F2N5O3. The molecule has 6 rings (SSSR count). The van der Waals surface area contributed by atoms with Crippen molar-refractivity contribution in [1.82, 2.24) is 25.0 Å². The van der Waals surface area contributed by atoms with Crippen LogP contribution in [0.1, 0.15) is 21.6 Å². The number of pyridine rings is 1. The summed E-state index contributed by atoms with van der Waals surface area (Å²) in [7, 11) is 0. The zero-order valence-corrected chi connectivity index (χ0v) is 21.1. The topological polar surface area (TPSA) is 106 Å². The molecule has 0 saturated carbocycles. The Hall–Kier alpha value is -5.38. The maximum absolute atomic E-state index is 15.2. The molecule has 0 saturated heterocycles. The fourth-order valence-corrected chi connectivity index (χ4v) is 4.57. The van der Waals surface area contributed by atoms with Crippen molar-refractivity contribution < 1.29 is 18.3 Å². The molecule has 6 aromatic rings. The van der Waals surface area contributed by atoms with Gasteiger partial charge < -0.3 is 4.74 Å². The van der Waals surface area contributed by atoms with Crippen LogP contribution in [0.25, 0.3) is 27.7 Å². The van der Waals surface area contributed by atoms with E-state index in [4.69, 9.17) is 4.74 Å². The molecule has 0 bridgehead atoms. The molecule has 0 amide bonds. The average Bonchev–Trinajstić information content (AvgIpc) is 3.63. The van der Waals surface area contributed by atoms with Gasteiger partial charge in [0.15, 0.2) is 17.3 Å². The number of fused-ring (bicyclic) bond motifs is 1. The van der Waals surface area contributed by atoms with Crippen LogP contribution >= 0.6 is 0 Å². The lowest BCUT2D eigenvalue weighted by molar-refractivity contribution is 0.0991. The summed E-state index contributed by atoms with van der Waals surface area (Å²) in [5, 5.41) is 14.5. The van der Waals surface area contributed by atoms with Gasteiger partial charge in [0.2, 0.25) is 0 Å². The molecule has 2 N–H and O–H groups in total. The molecule has 3 aromatic carbocycles. The highest BCUT2D eigenvalue weighted by Crippen LogP contribution is 2.37. The third kappa shape index (κ3) is 4.66. The van der Waals surface area contributed by atoms with Crippen molar-refractivity contribution in [3.63, 3.8) is 0 Å². The number of hydrogen-bond donors (Lipinski definition) is 2. The molecule has 0 aliphatic heterocycles. The SMILES string of the molecule is Cc1ccc(C(=O)Cc2ccc(Oc3cc4cn[nH]c4cc3-c3cn[nH]c3)c(F)c2)c(=O)n1-c1ccc(F)cc1. The summed E-state index contributed by atoms with van der Waals surface area (Å²) in [6.07, 6.45) is 4.77. The molecule has 8 nitrogen and oxygen atoms in total. The largest absolute Gasteiger partial charge is 0.454 e. The van der Waals surface area contributed by atoms with Crippen molar-refractivity contribution in [2.45, 2.75) is 13.3 Å². The number of H-pyrrole nitrogens is 2. The predicted molar refractivity (Wildman–Crippen MR) is 145 cm³/mol. The predicted octanol–water partition coefficient (Wildman–Crippen LogP) is 5.91. The highest BCUT2D eigenvalue weighted by atomic mass is 19.1. The molecule has 0 radical (unpaired) electrons. The molecule has 0 fully saturated rings. The van der Waals surface area contributed by atoms with E-state index in [0.29, 0.717) is 28.3 Å². The standard InChI is InChI=1S/C30H21F2N5O3/c1-17-2-8-23(30(39)37(17)22-6-4-21(31)5-7-22)27(38)11-18-3-9-28(25(32)10-18)40-29-12-19-14-35-36-26(19)13-24(29)20-15-33-34-16-20/h2-10,12-16H,11H2,1H3,(H,33,34)(H,35,36). The zero-order chi connectivity index (χ0) is 27.8. The molecule has 198 valence electrons. The number of Topliss-reactive ketones (excluding diaryl/α,β-unsaturated/α-hetero) is 1. The van der Waals surface area contributed by atoms with Crippen LogP contribution in [0, 0.1) is 18.6 Å². The second kappa shape index (κ2) is 10.1. The quantitative estimate of drug-likeness (QED) is 0.247. The van der Waals surface area contributed by atoms with E-state index in [9.17, 15) is 14.0 Å². The van der Waals surface area contributed by atoms with Crippen molar-refractivity contribution in [2.75, 3.05) is 0 Å². The number of hydrogen-bond acceptors (Lipinski definition) is 5. The van der Waals surface area contributed by atoms with E-state index in [-0.39, 0.29) is 17.7 Å². The van der Waals surface area contributed by atoms with Gasteiger partial charge in [0, 0.05) is 40.5 Å². The van der Waals surface area contributed by atoms with Crippen LogP contribution in [0.5, 0.6) is 11.5 Å². The van der Waals surface area contributed by atoms with Crippen LogP contribution in [0.15, 0.2) is 90.1 Å². The first kappa shape index (κ1) is 24.9. The van der Waals surface area contributed by atoms with E-state index >= 15 is 4.39 Å². The Morgan fingerprint density at radius 3 is 2.52 bits per heavy atom. The maximum Gasteiger partial charge on any atom is 0.266 e. The summed E-state index contributed by atoms with van der Waals surface area (Å²) in [5.74, 6) is -1.20. The summed E-state index contributed by atoms with van der Waals surface area (Å²) in [6, 6.07) is 16.4. The second-order valence-electron chi connectivity index (χ2n) is 9.26. The number of carbonyl (C=O) groups excluding carboxylic acids is 1. The molecule has 0 aliphatic rings. The van der Waals surface area contributed by atoms with Gasteiger partial charge in [-0.1, -0.05) is 6.07 Å². The Morgan fingerprint density at radius 2 is 1.77 bits per heavy atom. The number of aromatic nitrogens is 5. The minimum atomic E-state index is -0.664. The third-order valence-electron chi connectivity index (χ3n) is 6.59. The lowest BCUT2D eigenvalue weighted by Crippen LogP contribution is -2.27. The van der Waals surface area contributed by atoms with Gasteiger partial charge in [-0.3, -0.25) is 24.4 Å². The summed E-state index contributed by atoms with van der Waals surface area (Å²) in [4.78, 5) is 26.3. The van der Waals surface area contributed by atoms with Crippen molar-refractivity contribution in [3.8, 4) is 28.3 Å². The monoisotopic (exact) mass is 537 g/mol. The second-order valence-corrected chi connectivity index (χ2v) is 9.26. The van der Waals surface area contributed by atoms with Crippen LogP contribution < -0.4 is 10.3 Å². The van der Waals surface area contributed by atoms with E-state index in [1.54, 1.807) is 43.7 Å². The summed E-state index contributed by atoms with van der Waals surface area (Å²) >= 11 is 0. The van der Waals surface area contributed by atoms with Gasteiger partial charge in [0.1, 0.15) is 11.6 Å². The van der Waals surface area contributed by atoms with Gasteiger partial charge in [-0.15, -0.1) is 0 Å². The van der Waals surface area contributed by atoms with E-state index in [1.807, 2.05) is 6.07 Å². The Labute approximate surface area is 225 Å². The first-order chi connectivity index (χ1) is 19.4. The van der Waals surface area contributed by atoms with Gasteiger partial charge in [0.05, 0.1) is 23.5 Å². The van der Waals surface area contributed by atoms with Crippen LogP contribution in [-0.2, 0) is 6.42 Å². The van der Waals surface area contributed by atoms with E-state index in [2.05, 4.69) is 20.4 Å². The van der Waals surface area contributed by atoms with Gasteiger partial charge in [-0.25, -0.2) is 8.78 Å². The Bertz CT molecular complexity index is 1930. The van der Waals surface area contributed by atoms with Crippen molar-refractivity contribution >= 4 is 16.7 Å². The number of nitrogens with zero attached hydrogens (tertiary/aromatic N) is 3. The first-order valence-corrected chi connectivity index (χ1v) is 12.3. The van der Waals surface area contributed by atoms with Crippen molar-refractivity contribution in [3.05, 3.63) is 124 Å². The fraction of sp³-hybridized carbons (Fsp3) is 0.0667. The number of halogens is 2. The van der Waals surface area contributed by atoms with E-state index in [1.165, 1.54) is 47.0 Å². The normalized spacial score (nSPS) is 11.2. The number of aryl methyl sites for hydroxylation is 1. The molecule has 3 aromatic heterocycles. The van der Waals surface area contributed by atoms with Gasteiger partial charge in [0.25, 0.3) is 5.56 Å². The smallest absolute Gasteiger partial charge is 0.266 e. The lowest BCUT2D eigenvalue weighted by Gasteiger charge is -2.13. The van der Waals surface area contributed by atoms with E-state index in [0.717, 1.165) is 16.5 Å². The maximum atomic E-state index is 15.2. The van der Waals surface area contributed by atoms with Crippen LogP contribution in [0.4, 0.5) is 8.78 Å². The minimum Gasteiger partial charge on any atom is -0.454 e. The average molecular weight is 538 g/mol. The number of ketones is 1. The van der Waals surface area contributed by atoms with E-state index < -0.39 is 23.0 Å². The van der Waals surface area contributed by atoms with Gasteiger partial charge in [-0.05, 0) is 73.2 Å². The third-order valence-corrected chi connectivity index (χ3v) is 6.59. The van der Waals surface area contributed by atoms with Crippen LogP contribution in [0.3, 0.4) is 0 Å². The Kier molecular flexibility index (Phi) is 6.27. The molecule has 10 heteroatoms. The van der Waals surface area contributed by atoms with Crippen molar-refractivity contribution in [1.29, 1.82) is 0 Å². The Balaban J connectivity index is 1.27. The molecule has 0 spiro atoms. The zero-order valence-electron chi connectivity index (χ0n) is 21.1. The first-order valence-electron chi connectivity index (χ1n) is 12.3. The molecular weight excluding hydrogens is 516 g/mol. The molecule has 40 heavy (non-hydrogen) atoms. The number of nitrogens with one attached hydrogen (secondary N) is 2. The number of aromatic amines is 2. The van der Waals surface area contributed by atoms with Crippen molar-refractivity contribution in [2.24, 2.45) is 0 Å². The number of carbonyl (C=O) groups is 1. The number of benzene rings is 3. The van der Waals surface area contributed by atoms with Crippen LogP contribution in [-0.4, -0.2) is 30.7 Å². The summed E-state index contributed by atoms with van der Waals surface area (Å²) in [6.45, 7) is 1.72. The van der Waals surface area contributed by atoms with Crippen LogP contribution in [0.2, 0.25) is 0 Å². The molecule has 0 aliphatic carbocycles. The minimum absolute atomic E-state index is 0.0298. The number of ether oxygens (including phenoxy) is 1. The van der Waals surface area contributed by atoms with Gasteiger partial charge in [-0.2, -0.15) is 10.2 Å². The lowest BCUT2D eigenvalue weighted by atomic mass is 10.0. The van der Waals surface area contributed by atoms with Gasteiger partial charge >= 0.3 is 0 Å². The molecule has 0 unspecified atom stereocenters.